The summed E-state index contributed by atoms with van der Waals surface area (Å²) in [6.07, 6.45) is 2.57. The highest BCUT2D eigenvalue weighted by molar-refractivity contribution is 8.02. The van der Waals surface area contributed by atoms with Gasteiger partial charge in [-0.05, 0) is 40.5 Å². The van der Waals surface area contributed by atoms with Crippen molar-refractivity contribution in [2.24, 2.45) is 0 Å². The Kier molecular flexibility index (Phi) is 7.03. The number of nitrogens with one attached hydrogen (secondary N) is 2. The quantitative estimate of drug-likeness (QED) is 0.737. The van der Waals surface area contributed by atoms with Crippen molar-refractivity contribution in [2.45, 2.75) is 69.3 Å². The normalized spacial score (nSPS) is 16.2. The van der Waals surface area contributed by atoms with Crippen molar-refractivity contribution in [3.05, 3.63) is 17.4 Å². The molecule has 6 nitrogen and oxygen atoms in total. The van der Waals surface area contributed by atoms with Crippen molar-refractivity contribution in [3.63, 3.8) is 0 Å². The van der Waals surface area contributed by atoms with Gasteiger partial charge in [-0.1, -0.05) is 6.92 Å². The minimum Gasteiger partial charge on any atom is -0.445 e. The number of ether oxygens (including phenoxy) is 1. The maximum Gasteiger partial charge on any atom is 0.242 e. The van der Waals surface area contributed by atoms with Crippen LogP contribution in [0.4, 0.5) is 5.88 Å². The van der Waals surface area contributed by atoms with Crippen LogP contribution in [0.15, 0.2) is 10.5 Å². The second-order valence-electron chi connectivity index (χ2n) is 7.90. The molecule has 1 aromatic heterocycles. The minimum absolute atomic E-state index is 0.0914. The van der Waals surface area contributed by atoms with Crippen molar-refractivity contribution >= 4 is 29.5 Å². The standard InChI is InChI=1S/C20H32N2O4S/c1-7-15-14(19(2,3)17(23)21-6)12-16(26-15)22-18(24)20(4,5)27-13-8-10-25-11-9-13/h12-13H,7-11H2,1-6H3,(H,21,23)(H,22,24). The van der Waals surface area contributed by atoms with Crippen LogP contribution in [0.1, 0.15) is 58.8 Å². The van der Waals surface area contributed by atoms with Crippen LogP contribution < -0.4 is 10.6 Å². The van der Waals surface area contributed by atoms with Gasteiger partial charge in [0.2, 0.25) is 11.8 Å². The van der Waals surface area contributed by atoms with E-state index in [1.165, 1.54) is 0 Å². The average molecular weight is 397 g/mol. The number of hydrogen-bond acceptors (Lipinski definition) is 5. The molecule has 0 unspecified atom stereocenters. The van der Waals surface area contributed by atoms with Gasteiger partial charge in [0, 0.05) is 43.6 Å². The number of hydrogen-bond donors (Lipinski definition) is 2. The summed E-state index contributed by atoms with van der Waals surface area (Å²) in [5.74, 6) is 0.921. The molecule has 0 atom stereocenters. The topological polar surface area (TPSA) is 80.6 Å². The molecular weight excluding hydrogens is 364 g/mol. The summed E-state index contributed by atoms with van der Waals surface area (Å²) in [6.45, 7) is 11.1. The lowest BCUT2D eigenvalue weighted by atomic mass is 9.83. The van der Waals surface area contributed by atoms with E-state index in [0.29, 0.717) is 23.3 Å². The molecule has 2 amide bonds. The number of likely N-dealkylation sites (N-methyl/N-ethyl adjacent to an activating group) is 1. The molecule has 0 spiro atoms. The zero-order valence-corrected chi connectivity index (χ0v) is 18.0. The second-order valence-corrected chi connectivity index (χ2v) is 9.82. The number of thioether (sulfide) groups is 1. The van der Waals surface area contributed by atoms with E-state index in [9.17, 15) is 9.59 Å². The lowest BCUT2D eigenvalue weighted by Crippen LogP contribution is -2.38. The number of anilines is 1. The third kappa shape index (κ3) is 5.08. The van der Waals surface area contributed by atoms with Crippen molar-refractivity contribution in [3.8, 4) is 0 Å². The van der Waals surface area contributed by atoms with Crippen LogP contribution >= 0.6 is 11.8 Å². The molecule has 7 heteroatoms. The third-order valence-corrected chi connectivity index (χ3v) is 6.59. The maximum atomic E-state index is 12.9. The van der Waals surface area contributed by atoms with Crippen molar-refractivity contribution < 1.29 is 18.7 Å². The van der Waals surface area contributed by atoms with Gasteiger partial charge < -0.3 is 14.5 Å². The summed E-state index contributed by atoms with van der Waals surface area (Å²) < 4.78 is 10.7. The van der Waals surface area contributed by atoms with Crippen LogP contribution in [-0.4, -0.2) is 42.1 Å². The highest BCUT2D eigenvalue weighted by atomic mass is 32.2. The summed E-state index contributed by atoms with van der Waals surface area (Å²) in [4.78, 5) is 25.1. The summed E-state index contributed by atoms with van der Waals surface area (Å²) in [7, 11) is 1.62. The van der Waals surface area contributed by atoms with Gasteiger partial charge in [-0.15, -0.1) is 11.8 Å². The summed E-state index contributed by atoms with van der Waals surface area (Å²) >= 11 is 1.68. The van der Waals surface area contributed by atoms with Gasteiger partial charge in [0.25, 0.3) is 0 Å². The SMILES string of the molecule is CCc1oc(NC(=O)C(C)(C)SC2CCOCC2)cc1C(C)(C)C(=O)NC. The monoisotopic (exact) mass is 396 g/mol. The van der Waals surface area contributed by atoms with E-state index in [1.54, 1.807) is 24.9 Å². The Morgan fingerprint density at radius 3 is 2.37 bits per heavy atom. The summed E-state index contributed by atoms with van der Waals surface area (Å²) in [5, 5.41) is 6.02. The number of furan rings is 1. The lowest BCUT2D eigenvalue weighted by molar-refractivity contribution is -0.125. The van der Waals surface area contributed by atoms with Crippen molar-refractivity contribution in [1.29, 1.82) is 0 Å². The molecule has 1 saturated heterocycles. The van der Waals surface area contributed by atoms with E-state index >= 15 is 0 Å². The van der Waals surface area contributed by atoms with Gasteiger partial charge >= 0.3 is 0 Å². The Morgan fingerprint density at radius 2 is 1.81 bits per heavy atom. The first-order valence-corrected chi connectivity index (χ1v) is 10.4. The van der Waals surface area contributed by atoms with Gasteiger partial charge in [0.15, 0.2) is 5.88 Å². The van der Waals surface area contributed by atoms with Crippen molar-refractivity contribution in [1.82, 2.24) is 5.32 Å². The summed E-state index contributed by atoms with van der Waals surface area (Å²) in [5.41, 5.74) is 0.0633. The zero-order valence-electron chi connectivity index (χ0n) is 17.2. The number of aryl methyl sites for hydroxylation is 1. The molecule has 0 aliphatic carbocycles. The molecule has 0 radical (unpaired) electrons. The molecule has 0 saturated carbocycles. The molecular formula is C20H32N2O4S. The number of carbonyl (C=O) groups excluding carboxylic acids is 2. The van der Waals surface area contributed by atoms with Gasteiger partial charge in [-0.2, -0.15) is 0 Å². The number of rotatable bonds is 7. The first-order valence-electron chi connectivity index (χ1n) is 9.54. The average Bonchev–Trinajstić information content (AvgIpc) is 3.05. The van der Waals surface area contributed by atoms with E-state index in [2.05, 4.69) is 10.6 Å². The third-order valence-electron chi connectivity index (χ3n) is 5.01. The zero-order chi connectivity index (χ0) is 20.2. The molecule has 1 fully saturated rings. The molecule has 2 heterocycles. The first-order chi connectivity index (χ1) is 12.6. The Hall–Kier alpha value is -1.47. The Morgan fingerprint density at radius 1 is 1.19 bits per heavy atom. The Bertz CT molecular complexity index is 676. The molecule has 1 aliphatic heterocycles. The summed E-state index contributed by atoms with van der Waals surface area (Å²) in [6, 6.07) is 1.78. The van der Waals surface area contributed by atoms with E-state index < -0.39 is 10.2 Å². The number of carbonyl (C=O) groups is 2. The molecule has 0 bridgehead atoms. The highest BCUT2D eigenvalue weighted by Gasteiger charge is 2.36. The number of amides is 2. The minimum atomic E-state index is -0.737. The van der Waals surface area contributed by atoms with Crippen LogP contribution in [0.5, 0.6) is 0 Å². The lowest BCUT2D eigenvalue weighted by Gasteiger charge is -2.30. The maximum absolute atomic E-state index is 12.9. The molecule has 27 heavy (non-hydrogen) atoms. The van der Waals surface area contributed by atoms with Crippen LogP contribution in [-0.2, 0) is 26.2 Å². The smallest absolute Gasteiger partial charge is 0.242 e. The van der Waals surface area contributed by atoms with Gasteiger partial charge in [0.1, 0.15) is 5.76 Å². The van der Waals surface area contributed by atoms with Crippen LogP contribution in [0.2, 0.25) is 0 Å². The first kappa shape index (κ1) is 21.8. The molecule has 152 valence electrons. The second kappa shape index (κ2) is 8.69. The van der Waals surface area contributed by atoms with E-state index in [-0.39, 0.29) is 11.8 Å². The fraction of sp³-hybridized carbons (Fsp3) is 0.700. The predicted molar refractivity (Wildman–Crippen MR) is 109 cm³/mol. The fourth-order valence-corrected chi connectivity index (χ4v) is 4.66. The van der Waals surface area contributed by atoms with Crippen LogP contribution in [0, 0.1) is 0 Å². The Balaban J connectivity index is 2.14. The van der Waals surface area contributed by atoms with E-state index in [0.717, 1.165) is 31.6 Å². The van der Waals surface area contributed by atoms with Crippen LogP contribution in [0.25, 0.3) is 0 Å². The fourth-order valence-electron chi connectivity index (χ4n) is 3.24. The van der Waals surface area contributed by atoms with Gasteiger partial charge in [-0.25, -0.2) is 0 Å². The van der Waals surface area contributed by atoms with Gasteiger partial charge in [0.05, 0.1) is 10.2 Å². The molecule has 2 N–H and O–H groups in total. The van der Waals surface area contributed by atoms with Gasteiger partial charge in [-0.3, -0.25) is 14.9 Å². The van der Waals surface area contributed by atoms with E-state index in [1.807, 2.05) is 34.6 Å². The molecule has 1 aromatic rings. The van der Waals surface area contributed by atoms with E-state index in [4.69, 9.17) is 9.15 Å². The molecule has 1 aliphatic rings. The molecule has 0 aromatic carbocycles. The molecule has 2 rings (SSSR count). The van der Waals surface area contributed by atoms with Crippen LogP contribution in [0.3, 0.4) is 0 Å². The largest absolute Gasteiger partial charge is 0.445 e. The highest BCUT2D eigenvalue weighted by Crippen LogP contribution is 2.36. The Labute approximate surface area is 166 Å². The van der Waals surface area contributed by atoms with Crippen molar-refractivity contribution in [2.75, 3.05) is 25.6 Å². The predicted octanol–water partition coefficient (Wildman–Crippen LogP) is 3.49.